The molecule has 0 rings (SSSR count). The Labute approximate surface area is 115 Å². The third kappa shape index (κ3) is 9.15. The fraction of sp³-hybridized carbons (Fsp3) is 0.692. The van der Waals surface area contributed by atoms with Gasteiger partial charge < -0.3 is 0 Å². The standard InChI is InChI=1S/C13H23.Y/c1-11(13(5,6)7)9-8-10-12(2,3)4;/h8-9H,1-7H3;/q-1;/b11-9-;. The van der Waals surface area contributed by atoms with E-state index in [1.54, 1.807) is 0 Å². The van der Waals surface area contributed by atoms with E-state index in [0.29, 0.717) is 0 Å². The van der Waals surface area contributed by atoms with Crippen molar-refractivity contribution in [1.82, 2.24) is 0 Å². The molecule has 1 radical (unpaired) electrons. The van der Waals surface area contributed by atoms with Gasteiger partial charge in [0.05, 0.1) is 0 Å². The number of hydrogen-bond donors (Lipinski definition) is 0. The summed E-state index contributed by atoms with van der Waals surface area (Å²) < 4.78 is 0. The van der Waals surface area contributed by atoms with Crippen molar-refractivity contribution in [2.45, 2.75) is 48.5 Å². The maximum absolute atomic E-state index is 3.32. The average Bonchev–Trinajstić information content (AvgIpc) is 1.82. The van der Waals surface area contributed by atoms with E-state index in [0.717, 1.165) is 0 Å². The van der Waals surface area contributed by atoms with Crippen LogP contribution in [0.5, 0.6) is 0 Å². The molecule has 0 aromatic rings. The van der Waals surface area contributed by atoms with E-state index >= 15 is 0 Å². The molecule has 1 heteroatoms. The zero-order valence-electron chi connectivity index (χ0n) is 10.7. The molecule has 0 bridgehead atoms. The maximum Gasteiger partial charge on any atom is 0 e. The number of rotatable bonds is 1. The van der Waals surface area contributed by atoms with Gasteiger partial charge in [-0.1, -0.05) is 53.9 Å². The van der Waals surface area contributed by atoms with Crippen LogP contribution in [-0.4, -0.2) is 0 Å². The van der Waals surface area contributed by atoms with Crippen molar-refractivity contribution in [3.63, 3.8) is 0 Å². The predicted octanol–water partition coefficient (Wildman–Crippen LogP) is 4.38. The molecule has 0 atom stereocenters. The van der Waals surface area contributed by atoms with E-state index in [1.165, 1.54) is 5.57 Å². The van der Waals surface area contributed by atoms with Gasteiger partial charge in [-0.3, -0.25) is 6.08 Å². The Balaban J connectivity index is 0. The first-order valence-electron chi connectivity index (χ1n) is 4.91. The number of hydrogen-bond acceptors (Lipinski definition) is 0. The minimum atomic E-state index is 0. The first-order chi connectivity index (χ1) is 5.63. The van der Waals surface area contributed by atoms with Crippen LogP contribution in [0.25, 0.3) is 0 Å². The molecule has 0 saturated carbocycles. The molecule has 0 fully saturated rings. The Kier molecular flexibility index (Phi) is 7.56. The monoisotopic (exact) mass is 268 g/mol. The second-order valence-corrected chi connectivity index (χ2v) is 5.66. The first-order valence-corrected chi connectivity index (χ1v) is 4.91. The van der Waals surface area contributed by atoms with Crippen molar-refractivity contribution >= 4 is 0 Å². The third-order valence-electron chi connectivity index (χ3n) is 2.03. The molecular weight excluding hydrogens is 245 g/mol. The summed E-state index contributed by atoms with van der Waals surface area (Å²) in [7, 11) is 0. The van der Waals surface area contributed by atoms with Crippen LogP contribution in [-0.2, 0) is 32.7 Å². The van der Waals surface area contributed by atoms with Crippen molar-refractivity contribution in [1.29, 1.82) is 0 Å². The fourth-order valence-corrected chi connectivity index (χ4v) is 0.667. The van der Waals surface area contributed by atoms with Gasteiger partial charge in [-0.05, 0) is 5.41 Å². The molecule has 0 aliphatic rings. The van der Waals surface area contributed by atoms with Crippen LogP contribution in [0.4, 0.5) is 0 Å². The quantitative estimate of drug-likeness (QED) is 0.489. The zero-order chi connectivity index (χ0) is 10.7. The summed E-state index contributed by atoms with van der Waals surface area (Å²) in [5.74, 6) is 0. The van der Waals surface area contributed by atoms with E-state index in [2.05, 4.69) is 60.6 Å². The van der Waals surface area contributed by atoms with Crippen LogP contribution >= 0.6 is 0 Å². The topological polar surface area (TPSA) is 0 Å². The van der Waals surface area contributed by atoms with Gasteiger partial charge in [0.25, 0.3) is 0 Å². The van der Waals surface area contributed by atoms with Crippen LogP contribution in [0.2, 0.25) is 0 Å². The molecule has 0 nitrogen and oxygen atoms in total. The summed E-state index contributed by atoms with van der Waals surface area (Å²) in [6, 6.07) is 0. The zero-order valence-corrected chi connectivity index (χ0v) is 13.6. The molecule has 0 aliphatic heterocycles. The van der Waals surface area contributed by atoms with E-state index in [-0.39, 0.29) is 43.5 Å². The minimum absolute atomic E-state index is 0. The first kappa shape index (κ1) is 17.0. The number of allylic oxidation sites excluding steroid dienone is 4. The van der Waals surface area contributed by atoms with Crippen LogP contribution in [0.15, 0.2) is 17.7 Å². The van der Waals surface area contributed by atoms with Crippen molar-refractivity contribution in [2.75, 3.05) is 0 Å². The van der Waals surface area contributed by atoms with Gasteiger partial charge in [-0.2, -0.15) is 0 Å². The van der Waals surface area contributed by atoms with E-state index in [9.17, 15) is 0 Å². The Hall–Kier alpha value is 0.584. The Morgan fingerprint density at radius 1 is 1.00 bits per heavy atom. The normalized spacial score (nSPS) is 14.4. The van der Waals surface area contributed by atoms with Gasteiger partial charge in [0.15, 0.2) is 0 Å². The van der Waals surface area contributed by atoms with Crippen molar-refractivity contribution in [3.8, 4) is 0 Å². The molecule has 0 unspecified atom stereocenters. The molecule has 0 aliphatic carbocycles. The summed E-state index contributed by atoms with van der Waals surface area (Å²) in [5.41, 5.74) is 1.83. The Morgan fingerprint density at radius 3 is 1.71 bits per heavy atom. The smallest absolute Gasteiger partial charge is 0 e. The maximum atomic E-state index is 3.32. The van der Waals surface area contributed by atoms with E-state index in [1.807, 2.05) is 6.08 Å². The van der Waals surface area contributed by atoms with Crippen molar-refractivity contribution in [3.05, 3.63) is 23.8 Å². The van der Waals surface area contributed by atoms with Crippen LogP contribution in [0.1, 0.15) is 48.5 Å². The second kappa shape index (κ2) is 6.23. The summed E-state index contributed by atoms with van der Waals surface area (Å²) in [6.07, 6.45) is 7.52. The molecule has 0 spiro atoms. The van der Waals surface area contributed by atoms with Crippen molar-refractivity contribution < 1.29 is 32.7 Å². The minimum Gasteiger partial charge on any atom is -0.270 e. The van der Waals surface area contributed by atoms with Crippen LogP contribution in [0.3, 0.4) is 0 Å². The Bertz CT molecular complexity index is 208. The molecule has 0 N–H and O–H groups in total. The SMILES string of the molecule is C/C(=C/C=[C-]C(C)(C)C)C(C)(C)C.[Y]. The molecule has 0 amide bonds. The second-order valence-electron chi connectivity index (χ2n) is 5.66. The fourth-order valence-electron chi connectivity index (χ4n) is 0.667. The van der Waals surface area contributed by atoms with Gasteiger partial charge in [-0.15, -0.1) is 5.57 Å². The van der Waals surface area contributed by atoms with Gasteiger partial charge in [-0.25, -0.2) is 12.2 Å². The summed E-state index contributed by atoms with van der Waals surface area (Å²) >= 11 is 0. The van der Waals surface area contributed by atoms with Crippen LogP contribution in [0, 0.1) is 16.9 Å². The Morgan fingerprint density at radius 2 is 1.43 bits per heavy atom. The largest absolute Gasteiger partial charge is 0.270 e. The molecule has 0 saturated heterocycles. The summed E-state index contributed by atoms with van der Waals surface area (Å²) in [5, 5.41) is 0. The van der Waals surface area contributed by atoms with Gasteiger partial charge in [0.2, 0.25) is 0 Å². The van der Waals surface area contributed by atoms with E-state index < -0.39 is 0 Å². The molecule has 79 valence electrons. The summed E-state index contributed by atoms with van der Waals surface area (Å²) in [6.45, 7) is 15.3. The molecule has 0 aromatic carbocycles. The van der Waals surface area contributed by atoms with E-state index in [4.69, 9.17) is 0 Å². The molecule has 0 aromatic heterocycles. The predicted molar refractivity (Wildman–Crippen MR) is 60.5 cm³/mol. The molecule has 0 heterocycles. The molecule has 14 heavy (non-hydrogen) atoms. The average molecular weight is 268 g/mol. The van der Waals surface area contributed by atoms with Crippen LogP contribution < -0.4 is 0 Å². The van der Waals surface area contributed by atoms with Gasteiger partial charge in [0.1, 0.15) is 0 Å². The molecular formula is C13H23Y-. The van der Waals surface area contributed by atoms with Gasteiger partial charge in [0, 0.05) is 32.7 Å². The van der Waals surface area contributed by atoms with Crippen molar-refractivity contribution in [2.24, 2.45) is 10.8 Å². The third-order valence-corrected chi connectivity index (χ3v) is 2.03. The summed E-state index contributed by atoms with van der Waals surface area (Å²) in [4.78, 5) is 0. The van der Waals surface area contributed by atoms with Gasteiger partial charge >= 0.3 is 0 Å².